The molecule has 3 N–H and O–H groups in total. The van der Waals surface area contributed by atoms with Gasteiger partial charge in [0.2, 0.25) is 0 Å². The quantitative estimate of drug-likeness (QED) is 0.652. The summed E-state index contributed by atoms with van der Waals surface area (Å²) in [6.45, 7) is 7.59. The smallest absolute Gasteiger partial charge is 0.322 e. The number of carboxylic acids is 1. The van der Waals surface area contributed by atoms with E-state index in [2.05, 4.69) is 43.5 Å². The Morgan fingerprint density at radius 1 is 1.21 bits per heavy atom. The van der Waals surface area contributed by atoms with E-state index in [9.17, 15) is 4.79 Å². The van der Waals surface area contributed by atoms with Crippen molar-refractivity contribution in [2.75, 3.05) is 20.1 Å². The Hall–Kier alpha value is -1.39. The minimum atomic E-state index is -0.822. The number of benzene rings is 1. The largest absolute Gasteiger partial charge is 0.480 e. The van der Waals surface area contributed by atoms with Gasteiger partial charge in [-0.2, -0.15) is 0 Å². The molecule has 0 saturated heterocycles. The van der Waals surface area contributed by atoms with Gasteiger partial charge in [-0.25, -0.2) is 0 Å². The minimum Gasteiger partial charge on any atom is -0.480 e. The molecular formula is C15H24N2O2. The average Bonchev–Trinajstić information content (AvgIpc) is 2.34. The summed E-state index contributed by atoms with van der Waals surface area (Å²) in [5, 5.41) is 14.8. The van der Waals surface area contributed by atoms with E-state index < -0.39 is 12.0 Å². The summed E-state index contributed by atoms with van der Waals surface area (Å²) in [6, 6.07) is 3.90. The monoisotopic (exact) mass is 264 g/mol. The van der Waals surface area contributed by atoms with Crippen LogP contribution in [0.5, 0.6) is 0 Å². The lowest BCUT2D eigenvalue weighted by Crippen LogP contribution is -2.43. The maximum atomic E-state index is 10.8. The van der Waals surface area contributed by atoms with E-state index in [0.29, 0.717) is 6.54 Å². The molecule has 1 unspecified atom stereocenters. The van der Waals surface area contributed by atoms with E-state index in [4.69, 9.17) is 5.11 Å². The van der Waals surface area contributed by atoms with E-state index >= 15 is 0 Å². The third-order valence-electron chi connectivity index (χ3n) is 3.52. The Bertz CT molecular complexity index is 444. The average molecular weight is 264 g/mol. The number of rotatable bonds is 7. The first-order chi connectivity index (χ1) is 8.95. The first-order valence-corrected chi connectivity index (χ1v) is 6.63. The van der Waals surface area contributed by atoms with Crippen molar-refractivity contribution < 1.29 is 9.90 Å². The van der Waals surface area contributed by atoms with Gasteiger partial charge in [-0.05, 0) is 63.0 Å². The van der Waals surface area contributed by atoms with Gasteiger partial charge in [0.25, 0.3) is 0 Å². The molecule has 0 aliphatic heterocycles. The molecule has 1 atom stereocenters. The number of aryl methyl sites for hydroxylation is 3. The van der Waals surface area contributed by atoms with E-state index in [1.54, 1.807) is 7.05 Å². The molecule has 1 aromatic carbocycles. The summed E-state index contributed by atoms with van der Waals surface area (Å²) < 4.78 is 0. The first-order valence-electron chi connectivity index (χ1n) is 6.63. The molecule has 19 heavy (non-hydrogen) atoms. The van der Waals surface area contributed by atoms with Crippen molar-refractivity contribution in [3.05, 3.63) is 34.4 Å². The van der Waals surface area contributed by atoms with Crippen molar-refractivity contribution in [1.82, 2.24) is 10.6 Å². The van der Waals surface area contributed by atoms with Crippen LogP contribution in [0.15, 0.2) is 12.1 Å². The van der Waals surface area contributed by atoms with Gasteiger partial charge in [0.1, 0.15) is 6.04 Å². The molecule has 0 saturated carbocycles. The van der Waals surface area contributed by atoms with E-state index in [-0.39, 0.29) is 0 Å². The van der Waals surface area contributed by atoms with E-state index in [0.717, 1.165) is 13.0 Å². The highest BCUT2D eigenvalue weighted by Gasteiger charge is 2.13. The lowest BCUT2D eigenvalue weighted by atomic mass is 9.99. The number of nitrogens with one attached hydrogen (secondary N) is 2. The van der Waals surface area contributed by atoms with Gasteiger partial charge in [0.05, 0.1) is 0 Å². The fourth-order valence-electron chi connectivity index (χ4n) is 2.07. The molecular weight excluding hydrogens is 240 g/mol. The molecule has 0 radical (unpaired) electrons. The molecule has 0 amide bonds. The molecule has 0 fully saturated rings. The topological polar surface area (TPSA) is 61.4 Å². The second-order valence-corrected chi connectivity index (χ2v) is 5.00. The van der Waals surface area contributed by atoms with Crippen LogP contribution in [0.4, 0.5) is 0 Å². The van der Waals surface area contributed by atoms with Gasteiger partial charge >= 0.3 is 5.97 Å². The van der Waals surface area contributed by atoms with Crippen molar-refractivity contribution in [1.29, 1.82) is 0 Å². The van der Waals surface area contributed by atoms with E-state index in [1.807, 2.05) is 0 Å². The van der Waals surface area contributed by atoms with Gasteiger partial charge < -0.3 is 15.7 Å². The van der Waals surface area contributed by atoms with Gasteiger partial charge in [-0.15, -0.1) is 0 Å². The van der Waals surface area contributed by atoms with Crippen molar-refractivity contribution >= 4 is 5.97 Å². The number of likely N-dealkylation sites (N-methyl/N-ethyl adjacent to an activating group) is 1. The molecule has 0 aliphatic carbocycles. The second-order valence-electron chi connectivity index (χ2n) is 5.00. The van der Waals surface area contributed by atoms with Crippen LogP contribution >= 0.6 is 0 Å². The summed E-state index contributed by atoms with van der Waals surface area (Å²) in [6.07, 6.45) is 0.920. The van der Waals surface area contributed by atoms with Crippen LogP contribution in [0.1, 0.15) is 22.3 Å². The highest BCUT2D eigenvalue weighted by Crippen LogP contribution is 2.15. The van der Waals surface area contributed by atoms with Crippen molar-refractivity contribution in [3.63, 3.8) is 0 Å². The number of hydrogen-bond donors (Lipinski definition) is 3. The lowest BCUT2D eigenvalue weighted by Gasteiger charge is -2.13. The Labute approximate surface area is 115 Å². The molecule has 0 aliphatic rings. The molecule has 0 heterocycles. The van der Waals surface area contributed by atoms with Crippen LogP contribution in [0.2, 0.25) is 0 Å². The van der Waals surface area contributed by atoms with Crippen LogP contribution in [0.3, 0.4) is 0 Å². The van der Waals surface area contributed by atoms with Crippen LogP contribution in [0, 0.1) is 20.8 Å². The molecule has 4 heteroatoms. The minimum absolute atomic E-state index is 0.440. The van der Waals surface area contributed by atoms with Crippen LogP contribution in [-0.4, -0.2) is 37.3 Å². The lowest BCUT2D eigenvalue weighted by molar-refractivity contribution is -0.139. The van der Waals surface area contributed by atoms with E-state index in [1.165, 1.54) is 22.3 Å². The van der Waals surface area contributed by atoms with Gasteiger partial charge in [0, 0.05) is 6.54 Å². The molecule has 0 bridgehead atoms. The Morgan fingerprint density at radius 3 is 2.42 bits per heavy atom. The number of carbonyl (C=O) groups is 1. The maximum absolute atomic E-state index is 10.8. The summed E-state index contributed by atoms with van der Waals surface area (Å²) in [5.41, 5.74) is 5.25. The molecule has 4 nitrogen and oxygen atoms in total. The Kier molecular flexibility index (Phi) is 5.99. The summed E-state index contributed by atoms with van der Waals surface area (Å²) in [5.74, 6) is -0.822. The van der Waals surface area contributed by atoms with Crippen LogP contribution in [0.25, 0.3) is 0 Å². The SMILES string of the molecule is CNC(CNCCc1cc(C)c(C)cc1C)C(=O)O. The van der Waals surface area contributed by atoms with Crippen molar-refractivity contribution in [2.24, 2.45) is 0 Å². The second kappa shape index (κ2) is 7.26. The summed E-state index contributed by atoms with van der Waals surface area (Å²) >= 11 is 0. The molecule has 1 rings (SSSR count). The predicted octanol–water partition coefficient (Wildman–Crippen LogP) is 1.42. The summed E-state index contributed by atoms with van der Waals surface area (Å²) in [7, 11) is 1.66. The zero-order chi connectivity index (χ0) is 14.4. The van der Waals surface area contributed by atoms with Crippen LogP contribution < -0.4 is 10.6 Å². The van der Waals surface area contributed by atoms with Gasteiger partial charge in [-0.3, -0.25) is 4.79 Å². The van der Waals surface area contributed by atoms with Gasteiger partial charge in [-0.1, -0.05) is 12.1 Å². The zero-order valence-corrected chi connectivity index (χ0v) is 12.2. The zero-order valence-electron chi connectivity index (χ0n) is 12.2. The first kappa shape index (κ1) is 15.7. The maximum Gasteiger partial charge on any atom is 0.322 e. The number of hydrogen-bond acceptors (Lipinski definition) is 3. The highest BCUT2D eigenvalue weighted by atomic mass is 16.4. The summed E-state index contributed by atoms with van der Waals surface area (Å²) in [4.78, 5) is 10.8. The fraction of sp³-hybridized carbons (Fsp3) is 0.533. The van der Waals surface area contributed by atoms with Gasteiger partial charge in [0.15, 0.2) is 0 Å². The molecule has 0 spiro atoms. The third-order valence-corrected chi connectivity index (χ3v) is 3.52. The van der Waals surface area contributed by atoms with Crippen molar-refractivity contribution in [2.45, 2.75) is 33.2 Å². The van der Waals surface area contributed by atoms with Crippen LogP contribution in [-0.2, 0) is 11.2 Å². The Morgan fingerprint density at radius 2 is 1.84 bits per heavy atom. The normalized spacial score (nSPS) is 12.4. The fourth-order valence-corrected chi connectivity index (χ4v) is 2.07. The number of carboxylic acid groups (broad SMARTS) is 1. The Balaban J connectivity index is 2.45. The van der Waals surface area contributed by atoms with Crippen molar-refractivity contribution in [3.8, 4) is 0 Å². The molecule has 1 aromatic rings. The number of aliphatic carboxylic acids is 1. The predicted molar refractivity (Wildman–Crippen MR) is 77.7 cm³/mol. The third kappa shape index (κ3) is 4.65. The highest BCUT2D eigenvalue weighted by molar-refractivity contribution is 5.73. The molecule has 0 aromatic heterocycles. The standard InChI is InChI=1S/C15H24N2O2/c1-10-7-12(3)13(8-11(10)2)5-6-17-9-14(16-4)15(18)19/h7-8,14,16-17H,5-6,9H2,1-4H3,(H,18,19). The molecule has 106 valence electrons.